The van der Waals surface area contributed by atoms with Crippen LogP contribution in [0.1, 0.15) is 36.9 Å². The smallest absolute Gasteiger partial charge is 0.264 e. The van der Waals surface area contributed by atoms with E-state index in [1.54, 1.807) is 29.9 Å². The van der Waals surface area contributed by atoms with Crippen molar-refractivity contribution in [3.8, 4) is 10.7 Å². The number of nitrogens with zero attached hydrogens (tertiary/aromatic N) is 5. The minimum atomic E-state index is -0.792. The average molecular weight is 528 g/mol. The third-order valence-corrected chi connectivity index (χ3v) is 7.72. The summed E-state index contributed by atoms with van der Waals surface area (Å²) in [5, 5.41) is 14.9. The van der Waals surface area contributed by atoms with E-state index in [9.17, 15) is 14.4 Å². The van der Waals surface area contributed by atoms with Crippen molar-refractivity contribution in [2.45, 2.75) is 32.4 Å². The molecule has 0 bridgehead atoms. The van der Waals surface area contributed by atoms with Crippen LogP contribution in [0.2, 0.25) is 5.15 Å². The van der Waals surface area contributed by atoms with E-state index in [4.69, 9.17) is 11.6 Å². The number of nitrogens with one attached hydrogen (secondary N) is 2. The Morgan fingerprint density at radius 2 is 2.06 bits per heavy atom. The van der Waals surface area contributed by atoms with E-state index in [-0.39, 0.29) is 29.3 Å². The second-order valence-corrected chi connectivity index (χ2v) is 10.4. The molecule has 188 valence electrons. The van der Waals surface area contributed by atoms with Crippen molar-refractivity contribution in [3.05, 3.63) is 52.8 Å². The van der Waals surface area contributed by atoms with E-state index >= 15 is 0 Å². The van der Waals surface area contributed by atoms with Crippen molar-refractivity contribution in [2.75, 3.05) is 18.4 Å². The van der Waals surface area contributed by atoms with Crippen molar-refractivity contribution in [3.63, 3.8) is 0 Å². The first-order valence-corrected chi connectivity index (χ1v) is 12.9. The first-order valence-electron chi connectivity index (χ1n) is 11.7. The van der Waals surface area contributed by atoms with E-state index < -0.39 is 12.0 Å². The van der Waals surface area contributed by atoms with Crippen molar-refractivity contribution in [1.82, 2.24) is 30.1 Å². The Balaban J connectivity index is 1.25. The van der Waals surface area contributed by atoms with Gasteiger partial charge in [-0.3, -0.25) is 24.1 Å². The van der Waals surface area contributed by atoms with Gasteiger partial charge in [-0.1, -0.05) is 54.1 Å². The summed E-state index contributed by atoms with van der Waals surface area (Å²) in [6, 6.07) is 8.68. The quantitative estimate of drug-likeness (QED) is 0.509. The molecule has 0 saturated carbocycles. The van der Waals surface area contributed by atoms with Gasteiger partial charge >= 0.3 is 0 Å². The molecule has 1 aromatic carbocycles. The van der Waals surface area contributed by atoms with Crippen molar-refractivity contribution in [1.29, 1.82) is 0 Å². The SMILES string of the molecule is C[C@H](CC(=O)Nc1sc(-c2ccn(C)n2)nc1Cl)C(=O)N[C@@H]1C(=O)N2CCCN2Cc2ccccc21. The van der Waals surface area contributed by atoms with Gasteiger partial charge in [0.15, 0.2) is 5.15 Å². The molecule has 2 aromatic heterocycles. The normalized spacial score (nSPS) is 18.4. The zero-order valence-corrected chi connectivity index (χ0v) is 21.5. The third kappa shape index (κ3) is 4.86. The van der Waals surface area contributed by atoms with Crippen molar-refractivity contribution in [2.24, 2.45) is 13.0 Å². The predicted octanol–water partition coefficient (Wildman–Crippen LogP) is 2.98. The number of thiazole rings is 1. The summed E-state index contributed by atoms with van der Waals surface area (Å²) in [6.07, 6.45) is 2.62. The lowest BCUT2D eigenvalue weighted by molar-refractivity contribution is -0.148. The lowest BCUT2D eigenvalue weighted by atomic mass is 9.98. The number of aromatic nitrogens is 3. The number of hydrogen-bond acceptors (Lipinski definition) is 7. The number of rotatable bonds is 6. The van der Waals surface area contributed by atoms with Crippen LogP contribution in [0.25, 0.3) is 10.7 Å². The molecule has 5 rings (SSSR count). The molecule has 1 fully saturated rings. The van der Waals surface area contributed by atoms with Crippen LogP contribution >= 0.6 is 22.9 Å². The maximum atomic E-state index is 13.3. The number of hydrogen-bond donors (Lipinski definition) is 2. The number of amides is 3. The Morgan fingerprint density at radius 3 is 2.83 bits per heavy atom. The summed E-state index contributed by atoms with van der Waals surface area (Å²) in [7, 11) is 1.80. The molecule has 2 aliphatic rings. The van der Waals surface area contributed by atoms with E-state index in [1.165, 1.54) is 11.3 Å². The molecular formula is C24H26ClN7O3S. The van der Waals surface area contributed by atoms with E-state index in [2.05, 4.69) is 20.7 Å². The predicted molar refractivity (Wildman–Crippen MR) is 136 cm³/mol. The number of carbonyl (C=O) groups is 3. The van der Waals surface area contributed by atoms with Gasteiger partial charge in [-0.05, 0) is 23.6 Å². The van der Waals surface area contributed by atoms with E-state index in [1.807, 2.05) is 35.3 Å². The highest BCUT2D eigenvalue weighted by molar-refractivity contribution is 7.19. The highest BCUT2D eigenvalue weighted by Gasteiger charge is 2.38. The molecule has 3 aromatic rings. The fourth-order valence-electron chi connectivity index (χ4n) is 4.51. The molecule has 0 aliphatic carbocycles. The van der Waals surface area contributed by atoms with Gasteiger partial charge in [-0.15, -0.1) is 0 Å². The molecule has 0 radical (unpaired) electrons. The van der Waals surface area contributed by atoms with Crippen molar-refractivity contribution < 1.29 is 14.4 Å². The molecule has 2 aliphatic heterocycles. The first kappa shape index (κ1) is 24.4. The Kier molecular flexibility index (Phi) is 6.78. The van der Waals surface area contributed by atoms with Crippen LogP contribution in [0, 0.1) is 5.92 Å². The number of carbonyl (C=O) groups excluding carboxylic acids is 3. The van der Waals surface area contributed by atoms with Crippen LogP contribution in [0.5, 0.6) is 0 Å². The molecule has 0 spiro atoms. The second kappa shape index (κ2) is 10.00. The van der Waals surface area contributed by atoms with Gasteiger partial charge in [0.2, 0.25) is 11.8 Å². The summed E-state index contributed by atoms with van der Waals surface area (Å²) in [6.45, 7) is 3.73. The molecule has 0 unspecified atom stereocenters. The van der Waals surface area contributed by atoms with Gasteiger partial charge in [0.1, 0.15) is 21.7 Å². The van der Waals surface area contributed by atoms with Gasteiger partial charge in [0.25, 0.3) is 5.91 Å². The minimum Gasteiger partial charge on any atom is -0.340 e. The number of fused-ring (bicyclic) bond motifs is 2. The monoisotopic (exact) mass is 527 g/mol. The molecule has 36 heavy (non-hydrogen) atoms. The van der Waals surface area contributed by atoms with Gasteiger partial charge in [0.05, 0.1) is 0 Å². The molecule has 4 heterocycles. The van der Waals surface area contributed by atoms with Crippen LogP contribution < -0.4 is 10.6 Å². The Morgan fingerprint density at radius 1 is 1.25 bits per heavy atom. The molecular weight excluding hydrogens is 502 g/mol. The minimum absolute atomic E-state index is 0.0720. The zero-order valence-electron chi connectivity index (χ0n) is 19.9. The molecule has 10 nitrogen and oxygen atoms in total. The largest absolute Gasteiger partial charge is 0.340 e. The summed E-state index contributed by atoms with van der Waals surface area (Å²) < 4.78 is 1.65. The summed E-state index contributed by atoms with van der Waals surface area (Å²) in [4.78, 5) is 43.4. The van der Waals surface area contributed by atoms with Crippen molar-refractivity contribution >= 4 is 45.7 Å². The Hall–Kier alpha value is -3.28. The molecule has 3 amide bonds. The first-order chi connectivity index (χ1) is 17.3. The Labute approximate surface area is 217 Å². The summed E-state index contributed by atoms with van der Waals surface area (Å²) >= 11 is 7.44. The lowest BCUT2D eigenvalue weighted by Gasteiger charge is -2.28. The number of anilines is 1. The van der Waals surface area contributed by atoms with Crippen LogP contribution in [0.4, 0.5) is 5.00 Å². The fraction of sp³-hybridized carbons (Fsp3) is 0.375. The van der Waals surface area contributed by atoms with Crippen LogP contribution in [0.15, 0.2) is 36.5 Å². The summed E-state index contributed by atoms with van der Waals surface area (Å²) in [5.41, 5.74) is 2.46. The number of aryl methyl sites for hydroxylation is 1. The standard InChI is InChI=1S/C24H26ClN7O3S/c1-14(12-18(33)26-23-20(25)28-22(36-23)17-8-11-30(2)29-17)21(34)27-19-16-7-4-3-6-15(16)13-31-9-5-10-32(31)24(19)35/h3-4,6-8,11,14,19H,5,9-10,12-13H2,1-2H3,(H,26,33)(H,27,34)/t14-,19+/m1/s1. The maximum Gasteiger partial charge on any atom is 0.264 e. The van der Waals surface area contributed by atoms with Crippen LogP contribution in [0.3, 0.4) is 0 Å². The number of hydrazine groups is 1. The van der Waals surface area contributed by atoms with E-state index in [0.717, 1.165) is 24.1 Å². The third-order valence-electron chi connectivity index (χ3n) is 6.35. The highest BCUT2D eigenvalue weighted by atomic mass is 35.5. The second-order valence-electron chi connectivity index (χ2n) is 9.01. The summed E-state index contributed by atoms with van der Waals surface area (Å²) in [5.74, 6) is -1.55. The van der Waals surface area contributed by atoms with Crippen LogP contribution in [-0.2, 0) is 28.0 Å². The Bertz CT molecular complexity index is 1320. The molecule has 12 heteroatoms. The maximum absolute atomic E-state index is 13.3. The van der Waals surface area contributed by atoms with Gasteiger partial charge in [0, 0.05) is 45.2 Å². The lowest BCUT2D eigenvalue weighted by Crippen LogP contribution is -2.46. The zero-order chi connectivity index (χ0) is 25.4. The van der Waals surface area contributed by atoms with E-state index in [0.29, 0.717) is 28.8 Å². The van der Waals surface area contributed by atoms with Gasteiger partial charge < -0.3 is 10.6 Å². The molecule has 2 atom stereocenters. The highest BCUT2D eigenvalue weighted by Crippen LogP contribution is 2.34. The number of benzene rings is 1. The van der Waals surface area contributed by atoms with Gasteiger partial charge in [-0.25, -0.2) is 9.99 Å². The molecule has 1 saturated heterocycles. The van der Waals surface area contributed by atoms with Crippen LogP contribution in [-0.4, -0.2) is 55.6 Å². The molecule has 2 N–H and O–H groups in total. The number of halogens is 1. The van der Waals surface area contributed by atoms with Gasteiger partial charge in [-0.2, -0.15) is 5.10 Å². The topological polar surface area (TPSA) is 112 Å². The fourth-order valence-corrected chi connectivity index (χ4v) is 5.64. The average Bonchev–Trinajstić information content (AvgIpc) is 3.56.